The average molecular weight is 364 g/mol. The summed E-state index contributed by atoms with van der Waals surface area (Å²) in [6.45, 7) is 1.22. The van der Waals surface area contributed by atoms with E-state index in [1.807, 2.05) is 0 Å². The van der Waals surface area contributed by atoms with Crippen LogP contribution in [-0.4, -0.2) is 34.3 Å². The zero-order valence-corrected chi connectivity index (χ0v) is 11.2. The molecular weight excluding hydrogens is 356 g/mol. The molecule has 10 heteroatoms. The quantitative estimate of drug-likeness (QED) is 0.515. The zero-order valence-electron chi connectivity index (χ0n) is 8.93. The monoisotopic (exact) mass is 363 g/mol. The minimum absolute atomic E-state index is 0. The summed E-state index contributed by atoms with van der Waals surface area (Å²) in [5, 5.41) is 11.9. The molecule has 0 aliphatic carbocycles. The second-order valence-corrected chi connectivity index (χ2v) is 4.65. The Morgan fingerprint density at radius 1 is 1.39 bits per heavy atom. The van der Waals surface area contributed by atoms with Crippen LogP contribution < -0.4 is 5.32 Å². The number of aromatic nitrogens is 3. The van der Waals surface area contributed by atoms with E-state index in [2.05, 4.69) is 20.7 Å². The number of fused-ring (bicyclic) bond motifs is 1. The normalized spacial score (nSPS) is 11.0. The Bertz CT molecular complexity index is 696. The van der Waals surface area contributed by atoms with Crippen molar-refractivity contribution >= 4 is 32.7 Å². The number of rotatable bonds is 2. The average Bonchev–Trinajstić information content (AvgIpc) is 2.61. The van der Waals surface area contributed by atoms with E-state index in [0.717, 1.165) is 0 Å². The molecule has 0 aliphatic heterocycles. The van der Waals surface area contributed by atoms with Crippen LogP contribution in [0, 0.1) is 0 Å². The molecule has 18 heavy (non-hydrogen) atoms. The Morgan fingerprint density at radius 2 is 2.06 bits per heavy atom. The molecule has 0 saturated heterocycles. The molecule has 0 aliphatic rings. The van der Waals surface area contributed by atoms with Gasteiger partial charge >= 0.3 is 0 Å². The van der Waals surface area contributed by atoms with Gasteiger partial charge in [0.2, 0.25) is 5.91 Å². The van der Waals surface area contributed by atoms with Gasteiger partial charge in [-0.3, -0.25) is 9.35 Å². The summed E-state index contributed by atoms with van der Waals surface area (Å²) < 4.78 is 31.7. The fraction of sp³-hybridized carbons (Fsp3) is 0.125. The molecule has 0 unspecified atom stereocenters. The number of carbonyl (C=O) groups is 1. The number of H-pyrrole nitrogens is 1. The molecule has 101 valence electrons. The fourth-order valence-electron chi connectivity index (χ4n) is 1.44. The molecule has 1 aromatic heterocycles. The number of aromatic amines is 1. The Morgan fingerprint density at radius 3 is 2.61 bits per heavy atom. The van der Waals surface area contributed by atoms with Gasteiger partial charge in [-0.25, -0.2) is 0 Å². The van der Waals surface area contributed by atoms with Crippen LogP contribution in [-0.2, 0) is 37.3 Å². The van der Waals surface area contributed by atoms with Crippen molar-refractivity contribution in [2.75, 3.05) is 5.32 Å². The minimum atomic E-state index is -4.51. The Labute approximate surface area is 117 Å². The SMILES string of the molecule is CC(=O)Nc1ccc2n[nH]nc2c1S(=O)(=O)O.[Ag]. The Hall–Kier alpha value is -1.26. The summed E-state index contributed by atoms with van der Waals surface area (Å²) in [6.07, 6.45) is 0. The molecule has 0 spiro atoms. The van der Waals surface area contributed by atoms with Crippen molar-refractivity contribution in [1.82, 2.24) is 15.4 Å². The molecule has 1 heterocycles. The van der Waals surface area contributed by atoms with Gasteiger partial charge in [0.1, 0.15) is 15.9 Å². The molecule has 0 fully saturated rings. The van der Waals surface area contributed by atoms with E-state index >= 15 is 0 Å². The number of anilines is 1. The predicted octanol–water partition coefficient (Wildman–Crippen LogP) is 0.160. The number of hydrogen-bond donors (Lipinski definition) is 3. The third-order valence-corrected chi connectivity index (χ3v) is 2.94. The maximum absolute atomic E-state index is 11.3. The van der Waals surface area contributed by atoms with E-state index < -0.39 is 20.9 Å². The number of nitrogens with zero attached hydrogens (tertiary/aromatic N) is 2. The first-order chi connectivity index (χ1) is 7.89. The Balaban J connectivity index is 0.00000162. The number of carbonyl (C=O) groups excluding carboxylic acids is 1. The molecule has 2 rings (SSSR count). The molecule has 0 bridgehead atoms. The topological polar surface area (TPSA) is 125 Å². The third kappa shape index (κ3) is 2.76. The summed E-state index contributed by atoms with van der Waals surface area (Å²) in [7, 11) is -4.51. The van der Waals surface area contributed by atoms with E-state index in [1.165, 1.54) is 19.1 Å². The van der Waals surface area contributed by atoms with Crippen LogP contribution in [0.3, 0.4) is 0 Å². The van der Waals surface area contributed by atoms with Gasteiger partial charge in [-0.05, 0) is 12.1 Å². The fourth-order valence-corrected chi connectivity index (χ4v) is 2.23. The van der Waals surface area contributed by atoms with Gasteiger partial charge in [0, 0.05) is 29.3 Å². The molecular formula is C8H8AgN4O4S. The van der Waals surface area contributed by atoms with Gasteiger partial charge in [0.15, 0.2) is 0 Å². The summed E-state index contributed by atoms with van der Waals surface area (Å²) in [4.78, 5) is 10.5. The van der Waals surface area contributed by atoms with Crippen molar-refractivity contribution in [3.05, 3.63) is 12.1 Å². The van der Waals surface area contributed by atoms with Gasteiger partial charge in [-0.1, -0.05) is 0 Å². The molecule has 1 radical (unpaired) electrons. The largest absolute Gasteiger partial charge is 0.325 e. The van der Waals surface area contributed by atoms with Crippen molar-refractivity contribution in [2.45, 2.75) is 11.8 Å². The minimum Gasteiger partial charge on any atom is -0.325 e. The molecule has 0 saturated carbocycles. The smallest absolute Gasteiger partial charge is 0.298 e. The Kier molecular flexibility index (Phi) is 4.24. The van der Waals surface area contributed by atoms with Gasteiger partial charge in [0.05, 0.1) is 5.69 Å². The number of benzene rings is 1. The molecule has 8 nitrogen and oxygen atoms in total. The summed E-state index contributed by atoms with van der Waals surface area (Å²) >= 11 is 0. The van der Waals surface area contributed by atoms with E-state index in [9.17, 15) is 13.2 Å². The van der Waals surface area contributed by atoms with Crippen LogP contribution in [0.5, 0.6) is 0 Å². The second-order valence-electron chi connectivity index (χ2n) is 3.29. The number of hydrogen-bond acceptors (Lipinski definition) is 5. The molecule has 3 N–H and O–H groups in total. The van der Waals surface area contributed by atoms with Crippen LogP contribution in [0.2, 0.25) is 0 Å². The first kappa shape index (κ1) is 14.8. The van der Waals surface area contributed by atoms with E-state index in [-0.39, 0.29) is 39.1 Å². The van der Waals surface area contributed by atoms with Crippen molar-refractivity contribution in [1.29, 1.82) is 0 Å². The molecule has 0 atom stereocenters. The summed E-state index contributed by atoms with van der Waals surface area (Å²) in [5.74, 6) is -0.460. The third-order valence-electron chi connectivity index (χ3n) is 2.01. The van der Waals surface area contributed by atoms with Crippen molar-refractivity contribution in [3.8, 4) is 0 Å². The van der Waals surface area contributed by atoms with Crippen LogP contribution in [0.25, 0.3) is 11.0 Å². The van der Waals surface area contributed by atoms with E-state index in [0.29, 0.717) is 0 Å². The summed E-state index contributed by atoms with van der Waals surface area (Å²) in [6, 6.07) is 2.80. The standard InChI is InChI=1S/C8H8N4O4S.Ag/c1-4(13)9-6-3-2-5-7(11-12-10-5)8(6)17(14,15)16;/h2-3H,1H3,(H,9,13)(H,10,11,12)(H,14,15,16);. The van der Waals surface area contributed by atoms with E-state index in [4.69, 9.17) is 4.55 Å². The van der Waals surface area contributed by atoms with Crippen LogP contribution in [0.1, 0.15) is 6.92 Å². The van der Waals surface area contributed by atoms with Gasteiger partial charge in [-0.2, -0.15) is 23.8 Å². The predicted molar refractivity (Wildman–Crippen MR) is 58.0 cm³/mol. The maximum atomic E-state index is 11.3. The van der Waals surface area contributed by atoms with E-state index in [1.54, 1.807) is 0 Å². The van der Waals surface area contributed by atoms with Crippen molar-refractivity contribution in [2.24, 2.45) is 0 Å². The van der Waals surface area contributed by atoms with Crippen molar-refractivity contribution in [3.63, 3.8) is 0 Å². The van der Waals surface area contributed by atoms with Crippen LogP contribution in [0.4, 0.5) is 5.69 Å². The summed E-state index contributed by atoms with van der Waals surface area (Å²) in [5.41, 5.74) is 0.201. The first-order valence-corrected chi connectivity index (χ1v) is 5.92. The van der Waals surface area contributed by atoms with Gasteiger partial charge < -0.3 is 5.32 Å². The molecule has 1 amide bonds. The molecule has 1 aromatic carbocycles. The number of amides is 1. The number of nitrogens with one attached hydrogen (secondary N) is 2. The second kappa shape index (κ2) is 5.16. The zero-order chi connectivity index (χ0) is 12.6. The van der Waals surface area contributed by atoms with Crippen LogP contribution in [0.15, 0.2) is 17.0 Å². The van der Waals surface area contributed by atoms with Crippen molar-refractivity contribution < 1.29 is 40.1 Å². The van der Waals surface area contributed by atoms with Gasteiger partial charge in [0.25, 0.3) is 10.1 Å². The molecule has 2 aromatic rings. The maximum Gasteiger partial charge on any atom is 0.298 e. The first-order valence-electron chi connectivity index (χ1n) is 4.48. The van der Waals surface area contributed by atoms with Gasteiger partial charge in [-0.15, -0.1) is 0 Å². The van der Waals surface area contributed by atoms with Crippen LogP contribution >= 0.6 is 0 Å².